The molecular weight excluding hydrogens is 346 g/mol. The van der Waals surface area contributed by atoms with Crippen LogP contribution in [0.5, 0.6) is 0 Å². The number of ether oxygens (including phenoxy) is 1. The number of carboxylic acid groups (broad SMARTS) is 1. The third-order valence-electron chi connectivity index (χ3n) is 2.89. The van der Waals surface area contributed by atoms with Gasteiger partial charge < -0.3 is 14.7 Å². The Morgan fingerprint density at radius 3 is 2.70 bits per heavy atom. The fourth-order valence-electron chi connectivity index (χ4n) is 1.84. The first kappa shape index (κ1) is 15.3. The van der Waals surface area contributed by atoms with Crippen LogP contribution >= 0.6 is 27.7 Å². The number of carboxylic acids is 1. The molecule has 1 aromatic carbocycles. The molecule has 1 N–H and O–H groups in total. The molecule has 0 unspecified atom stereocenters. The molecule has 1 fully saturated rings. The Hall–Kier alpha value is -1.05. The van der Waals surface area contributed by atoms with E-state index in [1.165, 1.54) is 17.8 Å². The topological polar surface area (TPSA) is 66.8 Å². The molecule has 0 bridgehead atoms. The molecule has 20 heavy (non-hydrogen) atoms. The Morgan fingerprint density at radius 2 is 2.05 bits per heavy atom. The first-order valence-electron chi connectivity index (χ1n) is 6.09. The van der Waals surface area contributed by atoms with Crippen LogP contribution in [0.4, 0.5) is 0 Å². The number of nitrogens with zero attached hydrogens (tertiary/aromatic N) is 1. The van der Waals surface area contributed by atoms with Crippen molar-refractivity contribution in [3.63, 3.8) is 0 Å². The van der Waals surface area contributed by atoms with Crippen molar-refractivity contribution in [3.8, 4) is 0 Å². The highest BCUT2D eigenvalue weighted by Gasteiger charge is 2.18. The van der Waals surface area contributed by atoms with Crippen molar-refractivity contribution in [1.82, 2.24) is 4.90 Å². The van der Waals surface area contributed by atoms with Gasteiger partial charge in [-0.15, -0.1) is 11.8 Å². The molecule has 1 heterocycles. The van der Waals surface area contributed by atoms with Crippen LogP contribution in [-0.4, -0.2) is 53.9 Å². The maximum atomic E-state index is 12.0. The SMILES string of the molecule is O=C(O)c1ccc(Br)cc1SCC(=O)N1CCOCC1. The number of carbonyl (C=O) groups is 2. The van der Waals surface area contributed by atoms with E-state index < -0.39 is 5.97 Å². The normalized spacial score (nSPS) is 15.2. The molecule has 0 atom stereocenters. The molecule has 0 radical (unpaired) electrons. The van der Waals surface area contributed by atoms with Crippen molar-refractivity contribution < 1.29 is 19.4 Å². The van der Waals surface area contributed by atoms with E-state index >= 15 is 0 Å². The van der Waals surface area contributed by atoms with Gasteiger partial charge in [0.1, 0.15) is 0 Å². The van der Waals surface area contributed by atoms with E-state index in [9.17, 15) is 9.59 Å². The largest absolute Gasteiger partial charge is 0.478 e. The van der Waals surface area contributed by atoms with E-state index in [1.807, 2.05) is 0 Å². The summed E-state index contributed by atoms with van der Waals surface area (Å²) < 4.78 is 5.99. The Morgan fingerprint density at radius 1 is 1.35 bits per heavy atom. The molecule has 5 nitrogen and oxygen atoms in total. The lowest BCUT2D eigenvalue weighted by Gasteiger charge is -2.26. The minimum Gasteiger partial charge on any atom is -0.478 e. The van der Waals surface area contributed by atoms with Crippen LogP contribution in [0.25, 0.3) is 0 Å². The van der Waals surface area contributed by atoms with E-state index in [0.29, 0.717) is 31.2 Å². The van der Waals surface area contributed by atoms with Crippen molar-refractivity contribution in [2.75, 3.05) is 32.1 Å². The fourth-order valence-corrected chi connectivity index (χ4v) is 3.33. The number of aromatic carboxylic acids is 1. The van der Waals surface area contributed by atoms with E-state index in [4.69, 9.17) is 9.84 Å². The number of carbonyl (C=O) groups excluding carboxylic acids is 1. The third kappa shape index (κ3) is 3.97. The minimum absolute atomic E-state index is 0.00890. The summed E-state index contributed by atoms with van der Waals surface area (Å²) >= 11 is 4.56. The van der Waals surface area contributed by atoms with Crippen molar-refractivity contribution in [1.29, 1.82) is 0 Å². The second kappa shape index (κ2) is 7.10. The minimum atomic E-state index is -0.987. The van der Waals surface area contributed by atoms with Crippen molar-refractivity contribution >= 4 is 39.6 Å². The maximum absolute atomic E-state index is 12.0. The summed E-state index contributed by atoms with van der Waals surface area (Å²) in [5, 5.41) is 9.13. The summed E-state index contributed by atoms with van der Waals surface area (Å²) in [4.78, 5) is 25.5. The van der Waals surface area contributed by atoms with Crippen LogP contribution in [0.3, 0.4) is 0 Å². The van der Waals surface area contributed by atoms with Crippen LogP contribution < -0.4 is 0 Å². The molecular formula is C13H14BrNO4S. The number of hydrogen-bond acceptors (Lipinski definition) is 4. The second-order valence-corrected chi connectivity index (χ2v) is 6.16. The Balaban J connectivity index is 2.01. The predicted molar refractivity (Wildman–Crippen MR) is 79.2 cm³/mol. The lowest BCUT2D eigenvalue weighted by molar-refractivity contribution is -0.132. The van der Waals surface area contributed by atoms with Gasteiger partial charge in [0.2, 0.25) is 5.91 Å². The first-order valence-corrected chi connectivity index (χ1v) is 7.87. The van der Waals surface area contributed by atoms with Gasteiger partial charge in [-0.2, -0.15) is 0 Å². The molecule has 1 aliphatic heterocycles. The molecule has 1 aromatic rings. The molecule has 108 valence electrons. The Bertz CT molecular complexity index is 517. The number of thioether (sulfide) groups is 1. The number of morpholine rings is 1. The predicted octanol–water partition coefficient (Wildman–Crippen LogP) is 2.10. The summed E-state index contributed by atoms with van der Waals surface area (Å²) in [6, 6.07) is 4.94. The third-order valence-corrected chi connectivity index (χ3v) is 4.42. The van der Waals surface area contributed by atoms with E-state index in [-0.39, 0.29) is 17.2 Å². The summed E-state index contributed by atoms with van der Waals surface area (Å²) in [6.45, 7) is 2.33. The second-order valence-electron chi connectivity index (χ2n) is 4.23. The van der Waals surface area contributed by atoms with Crippen LogP contribution in [0.2, 0.25) is 0 Å². The zero-order chi connectivity index (χ0) is 14.5. The number of benzene rings is 1. The monoisotopic (exact) mass is 359 g/mol. The van der Waals surface area contributed by atoms with E-state index in [0.717, 1.165) is 4.47 Å². The van der Waals surface area contributed by atoms with Gasteiger partial charge in [-0.1, -0.05) is 15.9 Å². The van der Waals surface area contributed by atoms with E-state index in [1.54, 1.807) is 17.0 Å². The smallest absolute Gasteiger partial charge is 0.336 e. The lowest BCUT2D eigenvalue weighted by Crippen LogP contribution is -2.41. The number of halogens is 1. The number of amides is 1. The van der Waals surface area contributed by atoms with Crippen LogP contribution in [-0.2, 0) is 9.53 Å². The van der Waals surface area contributed by atoms with Crippen LogP contribution in [0, 0.1) is 0 Å². The van der Waals surface area contributed by atoms with Gasteiger partial charge in [0, 0.05) is 22.5 Å². The average Bonchev–Trinajstić information content (AvgIpc) is 2.45. The standard InChI is InChI=1S/C13H14BrNO4S/c14-9-1-2-10(13(17)18)11(7-9)20-8-12(16)15-3-5-19-6-4-15/h1-2,7H,3-6,8H2,(H,17,18). The zero-order valence-electron chi connectivity index (χ0n) is 10.7. The molecule has 7 heteroatoms. The summed E-state index contributed by atoms with van der Waals surface area (Å²) in [6.07, 6.45) is 0. The number of hydrogen-bond donors (Lipinski definition) is 1. The van der Waals surface area contributed by atoms with Gasteiger partial charge in [0.25, 0.3) is 0 Å². The first-order chi connectivity index (χ1) is 9.58. The van der Waals surface area contributed by atoms with Gasteiger partial charge in [0.05, 0.1) is 24.5 Å². The van der Waals surface area contributed by atoms with Crippen molar-refractivity contribution in [2.24, 2.45) is 0 Å². The van der Waals surface area contributed by atoms with Crippen LogP contribution in [0.15, 0.2) is 27.6 Å². The maximum Gasteiger partial charge on any atom is 0.336 e. The summed E-state index contributed by atoms with van der Waals surface area (Å²) in [5.74, 6) is -0.745. The van der Waals surface area contributed by atoms with Crippen molar-refractivity contribution in [2.45, 2.75) is 4.90 Å². The Kier molecular flexibility index (Phi) is 5.45. The highest BCUT2D eigenvalue weighted by atomic mass is 79.9. The van der Waals surface area contributed by atoms with Gasteiger partial charge in [-0.3, -0.25) is 4.79 Å². The van der Waals surface area contributed by atoms with E-state index in [2.05, 4.69) is 15.9 Å². The number of rotatable bonds is 4. The lowest BCUT2D eigenvalue weighted by atomic mass is 10.2. The molecule has 1 amide bonds. The molecule has 1 aliphatic rings. The summed E-state index contributed by atoms with van der Waals surface area (Å²) in [5.41, 5.74) is 0.216. The van der Waals surface area contributed by atoms with Crippen LogP contribution in [0.1, 0.15) is 10.4 Å². The van der Waals surface area contributed by atoms with Crippen molar-refractivity contribution in [3.05, 3.63) is 28.2 Å². The molecule has 0 aromatic heterocycles. The highest BCUT2D eigenvalue weighted by molar-refractivity contribution is 9.10. The quantitative estimate of drug-likeness (QED) is 0.833. The molecule has 2 rings (SSSR count). The van der Waals surface area contributed by atoms with Gasteiger partial charge in [0.15, 0.2) is 0 Å². The molecule has 1 saturated heterocycles. The Labute approximate surface area is 129 Å². The average molecular weight is 360 g/mol. The molecule has 0 spiro atoms. The molecule has 0 saturated carbocycles. The fraction of sp³-hybridized carbons (Fsp3) is 0.385. The van der Waals surface area contributed by atoms with Gasteiger partial charge in [-0.05, 0) is 18.2 Å². The van der Waals surface area contributed by atoms with Gasteiger partial charge in [-0.25, -0.2) is 4.79 Å². The highest BCUT2D eigenvalue weighted by Crippen LogP contribution is 2.27. The van der Waals surface area contributed by atoms with Gasteiger partial charge >= 0.3 is 5.97 Å². The summed E-state index contributed by atoms with van der Waals surface area (Å²) in [7, 11) is 0. The zero-order valence-corrected chi connectivity index (χ0v) is 13.1. The molecule has 0 aliphatic carbocycles.